The van der Waals surface area contributed by atoms with Crippen LogP contribution in [0.5, 0.6) is 0 Å². The molecule has 0 aromatic carbocycles. The summed E-state index contributed by atoms with van der Waals surface area (Å²) in [5.41, 5.74) is 1.36. The summed E-state index contributed by atoms with van der Waals surface area (Å²) in [6.45, 7) is 6.81. The van der Waals surface area contributed by atoms with Gasteiger partial charge < -0.3 is 5.32 Å². The fourth-order valence-electron chi connectivity index (χ4n) is 2.21. The molecule has 17 heavy (non-hydrogen) atoms. The lowest BCUT2D eigenvalue weighted by Crippen LogP contribution is -2.24. The number of hydrogen-bond donors (Lipinski definition) is 1. The van der Waals surface area contributed by atoms with Crippen LogP contribution in [0.4, 0.5) is 0 Å². The maximum absolute atomic E-state index is 4.22. The van der Waals surface area contributed by atoms with Crippen LogP contribution < -0.4 is 5.32 Å². The van der Waals surface area contributed by atoms with Crippen LogP contribution in [0.15, 0.2) is 12.4 Å². The zero-order chi connectivity index (χ0) is 12.5. The molecule has 1 N–H and O–H groups in total. The van der Waals surface area contributed by atoms with Gasteiger partial charge in [0.1, 0.15) is 0 Å². The normalized spacial score (nSPS) is 12.9. The molecule has 0 aliphatic rings. The van der Waals surface area contributed by atoms with E-state index in [1.807, 2.05) is 17.9 Å². The molecular weight excluding hydrogens is 210 g/mol. The molecule has 0 aliphatic heterocycles. The van der Waals surface area contributed by atoms with Crippen molar-refractivity contribution < 1.29 is 0 Å². The predicted molar refractivity (Wildman–Crippen MR) is 73.1 cm³/mol. The monoisotopic (exact) mass is 237 g/mol. The molecule has 0 saturated carbocycles. The zero-order valence-electron chi connectivity index (χ0n) is 11.6. The van der Waals surface area contributed by atoms with Gasteiger partial charge in [0.15, 0.2) is 0 Å². The first-order valence-electron chi connectivity index (χ1n) is 6.94. The van der Waals surface area contributed by atoms with Crippen molar-refractivity contribution in [3.05, 3.63) is 18.0 Å². The summed E-state index contributed by atoms with van der Waals surface area (Å²) in [4.78, 5) is 0. The molecule has 3 nitrogen and oxygen atoms in total. The summed E-state index contributed by atoms with van der Waals surface area (Å²) in [5, 5.41) is 7.76. The van der Waals surface area contributed by atoms with Gasteiger partial charge in [0, 0.05) is 13.2 Å². The van der Waals surface area contributed by atoms with Gasteiger partial charge in [-0.15, -0.1) is 0 Å². The van der Waals surface area contributed by atoms with E-state index in [4.69, 9.17) is 0 Å². The van der Waals surface area contributed by atoms with Gasteiger partial charge in [0.05, 0.1) is 6.20 Å². The van der Waals surface area contributed by atoms with Crippen LogP contribution in [0.2, 0.25) is 0 Å². The third kappa shape index (κ3) is 5.87. The predicted octanol–water partition coefficient (Wildman–Crippen LogP) is 2.77. The first-order chi connectivity index (χ1) is 8.26. The molecule has 1 rings (SSSR count). The van der Waals surface area contributed by atoms with E-state index in [2.05, 4.69) is 30.5 Å². The molecule has 0 aliphatic carbocycles. The van der Waals surface area contributed by atoms with E-state index >= 15 is 0 Å². The van der Waals surface area contributed by atoms with Crippen molar-refractivity contribution in [3.63, 3.8) is 0 Å². The number of nitrogens with zero attached hydrogens (tertiary/aromatic N) is 2. The Morgan fingerprint density at radius 2 is 2.12 bits per heavy atom. The highest BCUT2D eigenvalue weighted by molar-refractivity contribution is 5.03. The summed E-state index contributed by atoms with van der Waals surface area (Å²) >= 11 is 0. The van der Waals surface area contributed by atoms with Crippen LogP contribution in [0.25, 0.3) is 0 Å². The van der Waals surface area contributed by atoms with Crippen molar-refractivity contribution in [3.8, 4) is 0 Å². The summed E-state index contributed by atoms with van der Waals surface area (Å²) in [6, 6.07) is 0. The topological polar surface area (TPSA) is 29.9 Å². The van der Waals surface area contributed by atoms with Gasteiger partial charge in [0.2, 0.25) is 0 Å². The van der Waals surface area contributed by atoms with Crippen molar-refractivity contribution in [1.29, 1.82) is 0 Å². The van der Waals surface area contributed by atoms with E-state index in [-0.39, 0.29) is 0 Å². The number of nitrogens with one attached hydrogen (secondary N) is 1. The lowest BCUT2D eigenvalue weighted by atomic mass is 9.96. The summed E-state index contributed by atoms with van der Waals surface area (Å²) in [5.74, 6) is 0.812. The van der Waals surface area contributed by atoms with Crippen molar-refractivity contribution in [2.45, 2.75) is 46.0 Å². The largest absolute Gasteiger partial charge is 0.316 e. The van der Waals surface area contributed by atoms with Crippen LogP contribution >= 0.6 is 0 Å². The molecule has 0 radical (unpaired) electrons. The van der Waals surface area contributed by atoms with Crippen LogP contribution in [-0.4, -0.2) is 22.9 Å². The second-order valence-electron chi connectivity index (χ2n) is 4.92. The van der Waals surface area contributed by atoms with E-state index in [0.717, 1.165) is 18.9 Å². The van der Waals surface area contributed by atoms with Crippen LogP contribution in [0.1, 0.15) is 45.1 Å². The van der Waals surface area contributed by atoms with Gasteiger partial charge in [-0.05, 0) is 50.3 Å². The SMILES string of the molecule is CCCNCC(CCC)CCc1cnn(C)c1. The maximum atomic E-state index is 4.22. The Bertz CT molecular complexity index is 293. The molecule has 1 unspecified atom stereocenters. The Hall–Kier alpha value is -0.830. The van der Waals surface area contributed by atoms with Crippen molar-refractivity contribution in [2.75, 3.05) is 13.1 Å². The Kier molecular flexibility index (Phi) is 6.94. The molecule has 0 bridgehead atoms. The summed E-state index contributed by atoms with van der Waals surface area (Å²) in [6.07, 6.45) is 10.4. The molecular formula is C14H27N3. The van der Waals surface area contributed by atoms with Crippen molar-refractivity contribution in [1.82, 2.24) is 15.1 Å². The number of aryl methyl sites for hydroxylation is 2. The minimum atomic E-state index is 0.812. The van der Waals surface area contributed by atoms with E-state index in [0.29, 0.717) is 0 Å². The molecule has 1 atom stereocenters. The van der Waals surface area contributed by atoms with Crippen LogP contribution in [0, 0.1) is 5.92 Å². The Labute approximate surface area is 106 Å². The van der Waals surface area contributed by atoms with Crippen LogP contribution in [0.3, 0.4) is 0 Å². The summed E-state index contributed by atoms with van der Waals surface area (Å²) < 4.78 is 1.89. The highest BCUT2D eigenvalue weighted by Crippen LogP contribution is 2.14. The number of hydrogen-bond acceptors (Lipinski definition) is 2. The van der Waals surface area contributed by atoms with E-state index in [1.54, 1.807) is 0 Å². The first kappa shape index (κ1) is 14.2. The lowest BCUT2D eigenvalue weighted by Gasteiger charge is -2.16. The molecule has 0 saturated heterocycles. The lowest BCUT2D eigenvalue weighted by molar-refractivity contribution is 0.415. The first-order valence-corrected chi connectivity index (χ1v) is 6.94. The van der Waals surface area contributed by atoms with Gasteiger partial charge in [-0.2, -0.15) is 5.10 Å². The fourth-order valence-corrected chi connectivity index (χ4v) is 2.21. The van der Waals surface area contributed by atoms with Gasteiger partial charge in [-0.25, -0.2) is 0 Å². The Balaban J connectivity index is 2.27. The maximum Gasteiger partial charge on any atom is 0.0521 e. The van der Waals surface area contributed by atoms with Gasteiger partial charge >= 0.3 is 0 Å². The van der Waals surface area contributed by atoms with E-state index in [9.17, 15) is 0 Å². The molecule has 0 spiro atoms. The molecule has 3 heteroatoms. The van der Waals surface area contributed by atoms with Crippen LogP contribution in [-0.2, 0) is 13.5 Å². The highest BCUT2D eigenvalue weighted by Gasteiger charge is 2.08. The molecule has 0 fully saturated rings. The average Bonchev–Trinajstić information content (AvgIpc) is 2.72. The zero-order valence-corrected chi connectivity index (χ0v) is 11.6. The fraction of sp³-hybridized carbons (Fsp3) is 0.786. The van der Waals surface area contributed by atoms with Gasteiger partial charge in [-0.3, -0.25) is 4.68 Å². The number of aromatic nitrogens is 2. The average molecular weight is 237 g/mol. The second-order valence-corrected chi connectivity index (χ2v) is 4.92. The summed E-state index contributed by atoms with van der Waals surface area (Å²) in [7, 11) is 1.98. The minimum absolute atomic E-state index is 0.812. The molecule has 0 amide bonds. The number of rotatable bonds is 9. The third-order valence-corrected chi connectivity index (χ3v) is 3.16. The quantitative estimate of drug-likeness (QED) is 0.669. The molecule has 1 heterocycles. The standard InChI is InChI=1S/C14H27N3/c1-4-6-13(10-15-9-5-2)7-8-14-11-16-17(3)12-14/h11-13,15H,4-10H2,1-3H3. The van der Waals surface area contributed by atoms with Gasteiger partial charge in [-0.1, -0.05) is 20.3 Å². The highest BCUT2D eigenvalue weighted by atomic mass is 15.2. The van der Waals surface area contributed by atoms with Crippen molar-refractivity contribution >= 4 is 0 Å². The van der Waals surface area contributed by atoms with E-state index < -0.39 is 0 Å². The van der Waals surface area contributed by atoms with Crippen molar-refractivity contribution in [2.24, 2.45) is 13.0 Å². The smallest absolute Gasteiger partial charge is 0.0521 e. The molecule has 98 valence electrons. The second kappa shape index (κ2) is 8.29. The third-order valence-electron chi connectivity index (χ3n) is 3.16. The Morgan fingerprint density at radius 1 is 1.29 bits per heavy atom. The van der Waals surface area contributed by atoms with E-state index in [1.165, 1.54) is 37.8 Å². The Morgan fingerprint density at radius 3 is 2.71 bits per heavy atom. The van der Waals surface area contributed by atoms with Gasteiger partial charge in [0.25, 0.3) is 0 Å². The molecule has 1 aromatic heterocycles. The molecule has 1 aromatic rings. The minimum Gasteiger partial charge on any atom is -0.316 e.